The maximum atomic E-state index is 11.2. The molecule has 0 saturated carbocycles. The van der Waals surface area contributed by atoms with Crippen LogP contribution in [0.25, 0.3) is 0 Å². The number of carbonyl (C=O) groups excluding carboxylic acids is 1. The van der Waals surface area contributed by atoms with Gasteiger partial charge in [-0.2, -0.15) is 0 Å². The topological polar surface area (TPSA) is 50.4 Å². The Balaban J connectivity index is 2.86. The van der Waals surface area contributed by atoms with Crippen molar-refractivity contribution in [3.63, 3.8) is 0 Å². The predicted molar refractivity (Wildman–Crippen MR) is 60.4 cm³/mol. The summed E-state index contributed by atoms with van der Waals surface area (Å²) in [5.74, 6) is 0.540. The van der Waals surface area contributed by atoms with Crippen molar-refractivity contribution in [2.45, 2.75) is 0 Å². The number of anilines is 1. The van der Waals surface area contributed by atoms with Gasteiger partial charge in [-0.15, -0.1) is 0 Å². The largest absolute Gasteiger partial charge is 0.495 e. The molecule has 0 atom stereocenters. The first kappa shape index (κ1) is 11.4. The molecule has 1 rings (SSSR count). The van der Waals surface area contributed by atoms with Crippen molar-refractivity contribution in [2.75, 3.05) is 12.4 Å². The molecule has 4 nitrogen and oxygen atoms in total. The van der Waals surface area contributed by atoms with Crippen LogP contribution in [-0.4, -0.2) is 13.1 Å². The maximum Gasteiger partial charge on any atom is 0.323 e. The molecule has 0 spiro atoms. The summed E-state index contributed by atoms with van der Waals surface area (Å²) in [6, 6.07) is 4.55. The van der Waals surface area contributed by atoms with E-state index in [2.05, 4.69) is 17.2 Å². The van der Waals surface area contributed by atoms with E-state index in [1.54, 1.807) is 18.2 Å². The molecule has 0 aliphatic carbocycles. The van der Waals surface area contributed by atoms with Gasteiger partial charge in [0.05, 0.1) is 12.8 Å². The lowest BCUT2D eigenvalue weighted by Crippen LogP contribution is -2.23. The molecule has 2 N–H and O–H groups in total. The van der Waals surface area contributed by atoms with Crippen molar-refractivity contribution in [1.82, 2.24) is 5.32 Å². The molecule has 0 aliphatic heterocycles. The highest BCUT2D eigenvalue weighted by Gasteiger charge is 2.06. The lowest BCUT2D eigenvalue weighted by atomic mass is 10.3. The zero-order valence-electron chi connectivity index (χ0n) is 8.21. The highest BCUT2D eigenvalue weighted by atomic mass is 35.5. The monoisotopic (exact) mass is 226 g/mol. The molecule has 80 valence electrons. The summed E-state index contributed by atoms with van der Waals surface area (Å²) in [6.07, 6.45) is 1.28. The number of carbonyl (C=O) groups is 1. The van der Waals surface area contributed by atoms with Gasteiger partial charge in [-0.05, 0) is 24.4 Å². The van der Waals surface area contributed by atoms with E-state index >= 15 is 0 Å². The van der Waals surface area contributed by atoms with E-state index in [9.17, 15) is 4.79 Å². The molecule has 0 radical (unpaired) electrons. The summed E-state index contributed by atoms with van der Waals surface area (Å²) in [7, 11) is 1.51. The molecule has 2 amide bonds. The number of halogens is 1. The summed E-state index contributed by atoms with van der Waals surface area (Å²) >= 11 is 5.79. The Labute approximate surface area is 92.9 Å². The quantitative estimate of drug-likeness (QED) is 0.833. The Kier molecular flexibility index (Phi) is 4.00. The van der Waals surface area contributed by atoms with Crippen LogP contribution in [-0.2, 0) is 0 Å². The molecule has 1 aromatic rings. The third-order valence-electron chi connectivity index (χ3n) is 1.64. The lowest BCUT2D eigenvalue weighted by Gasteiger charge is -2.09. The van der Waals surface area contributed by atoms with Crippen LogP contribution < -0.4 is 15.4 Å². The molecular weight excluding hydrogens is 216 g/mol. The molecule has 0 heterocycles. The van der Waals surface area contributed by atoms with Crippen LogP contribution in [0, 0.1) is 0 Å². The van der Waals surface area contributed by atoms with Gasteiger partial charge in [0.1, 0.15) is 5.75 Å². The van der Waals surface area contributed by atoms with E-state index in [0.29, 0.717) is 16.5 Å². The zero-order valence-corrected chi connectivity index (χ0v) is 8.97. The van der Waals surface area contributed by atoms with E-state index in [1.165, 1.54) is 13.3 Å². The molecule has 0 saturated heterocycles. The van der Waals surface area contributed by atoms with Crippen molar-refractivity contribution in [3.05, 3.63) is 36.0 Å². The zero-order chi connectivity index (χ0) is 11.3. The van der Waals surface area contributed by atoms with E-state index in [4.69, 9.17) is 16.3 Å². The van der Waals surface area contributed by atoms with Gasteiger partial charge in [0.15, 0.2) is 0 Å². The fourth-order valence-electron chi connectivity index (χ4n) is 1.03. The van der Waals surface area contributed by atoms with E-state index < -0.39 is 6.03 Å². The number of methoxy groups -OCH3 is 1. The first-order chi connectivity index (χ1) is 7.17. The van der Waals surface area contributed by atoms with Crippen LogP contribution in [0.3, 0.4) is 0 Å². The van der Waals surface area contributed by atoms with Gasteiger partial charge < -0.3 is 15.4 Å². The first-order valence-corrected chi connectivity index (χ1v) is 4.57. The minimum atomic E-state index is -0.398. The van der Waals surface area contributed by atoms with Crippen molar-refractivity contribution in [2.24, 2.45) is 0 Å². The third kappa shape index (κ3) is 3.18. The van der Waals surface area contributed by atoms with Gasteiger partial charge in [-0.1, -0.05) is 18.2 Å². The van der Waals surface area contributed by atoms with Crippen LogP contribution in [0.2, 0.25) is 5.02 Å². The Morgan fingerprint density at radius 2 is 2.33 bits per heavy atom. The van der Waals surface area contributed by atoms with Crippen molar-refractivity contribution in [1.29, 1.82) is 0 Å². The standard InChI is InChI=1S/C10H11ClN2O2/c1-3-12-10(14)13-8-6-7(11)4-5-9(8)15-2/h3-6H,1H2,2H3,(H2,12,13,14). The van der Waals surface area contributed by atoms with E-state index in [0.717, 1.165) is 0 Å². The molecule has 0 unspecified atom stereocenters. The second-order valence-corrected chi connectivity index (χ2v) is 3.08. The first-order valence-electron chi connectivity index (χ1n) is 4.19. The molecule has 15 heavy (non-hydrogen) atoms. The minimum absolute atomic E-state index is 0.398. The second kappa shape index (κ2) is 5.26. The van der Waals surface area contributed by atoms with Gasteiger partial charge in [-0.3, -0.25) is 0 Å². The highest BCUT2D eigenvalue weighted by Crippen LogP contribution is 2.27. The Morgan fingerprint density at radius 3 is 2.93 bits per heavy atom. The summed E-state index contributed by atoms with van der Waals surface area (Å²) in [5, 5.41) is 5.47. The number of amides is 2. The molecule has 0 aliphatic rings. The maximum absolute atomic E-state index is 11.2. The minimum Gasteiger partial charge on any atom is -0.495 e. The van der Waals surface area contributed by atoms with E-state index in [1.807, 2.05) is 0 Å². The van der Waals surface area contributed by atoms with Gasteiger partial charge in [-0.25, -0.2) is 4.79 Å². The molecule has 0 aromatic heterocycles. The van der Waals surface area contributed by atoms with Crippen molar-refractivity contribution < 1.29 is 9.53 Å². The predicted octanol–water partition coefficient (Wildman–Crippen LogP) is 2.61. The fourth-order valence-corrected chi connectivity index (χ4v) is 1.20. The molecule has 0 bridgehead atoms. The molecule has 1 aromatic carbocycles. The second-order valence-electron chi connectivity index (χ2n) is 2.65. The van der Waals surface area contributed by atoms with Crippen LogP contribution in [0.5, 0.6) is 5.75 Å². The highest BCUT2D eigenvalue weighted by molar-refractivity contribution is 6.31. The normalized spacial score (nSPS) is 9.20. The van der Waals surface area contributed by atoms with Crippen LogP contribution >= 0.6 is 11.6 Å². The van der Waals surface area contributed by atoms with Crippen LogP contribution in [0.15, 0.2) is 31.0 Å². The Morgan fingerprint density at radius 1 is 1.60 bits per heavy atom. The summed E-state index contributed by atoms with van der Waals surface area (Å²) in [5.41, 5.74) is 0.504. The summed E-state index contributed by atoms with van der Waals surface area (Å²) < 4.78 is 5.05. The van der Waals surface area contributed by atoms with E-state index in [-0.39, 0.29) is 0 Å². The number of ether oxygens (including phenoxy) is 1. The Hall–Kier alpha value is -1.68. The number of hydrogen-bond donors (Lipinski definition) is 2. The number of urea groups is 1. The average Bonchev–Trinajstić information content (AvgIpc) is 2.18. The summed E-state index contributed by atoms with van der Waals surface area (Å²) in [6.45, 7) is 3.37. The van der Waals surface area contributed by atoms with Gasteiger partial charge >= 0.3 is 6.03 Å². The number of nitrogens with one attached hydrogen (secondary N) is 2. The molecule has 5 heteroatoms. The van der Waals surface area contributed by atoms with Crippen LogP contribution in [0.1, 0.15) is 0 Å². The number of rotatable bonds is 3. The SMILES string of the molecule is C=CNC(=O)Nc1cc(Cl)ccc1OC. The third-order valence-corrected chi connectivity index (χ3v) is 1.88. The molecular formula is C10H11ClN2O2. The Bertz CT molecular complexity index is 380. The van der Waals surface area contributed by atoms with Crippen molar-refractivity contribution in [3.8, 4) is 5.75 Å². The fraction of sp³-hybridized carbons (Fsp3) is 0.100. The lowest BCUT2D eigenvalue weighted by molar-refractivity contribution is 0.255. The van der Waals surface area contributed by atoms with Gasteiger partial charge in [0.2, 0.25) is 0 Å². The van der Waals surface area contributed by atoms with Crippen LogP contribution in [0.4, 0.5) is 10.5 Å². The average molecular weight is 227 g/mol. The van der Waals surface area contributed by atoms with Crippen molar-refractivity contribution >= 4 is 23.3 Å². The summed E-state index contributed by atoms with van der Waals surface area (Å²) in [4.78, 5) is 11.2. The van der Waals surface area contributed by atoms with Gasteiger partial charge in [0.25, 0.3) is 0 Å². The molecule has 0 fully saturated rings. The van der Waals surface area contributed by atoms with Gasteiger partial charge in [0, 0.05) is 5.02 Å². The number of hydrogen-bond acceptors (Lipinski definition) is 2. The smallest absolute Gasteiger partial charge is 0.323 e. The number of benzene rings is 1.